The number of nitrogens with zero attached hydrogens (tertiary/aromatic N) is 8. The first kappa shape index (κ1) is 42.8. The van der Waals surface area contributed by atoms with E-state index in [9.17, 15) is 48.7 Å². The summed E-state index contributed by atoms with van der Waals surface area (Å²) in [5.41, 5.74) is -5.66. The quantitative estimate of drug-likeness (QED) is 0.117. The van der Waals surface area contributed by atoms with Gasteiger partial charge in [-0.1, -0.05) is 11.6 Å². The Hall–Kier alpha value is -6.50. The van der Waals surface area contributed by atoms with Gasteiger partial charge < -0.3 is 5.32 Å². The van der Waals surface area contributed by atoms with E-state index in [0.29, 0.717) is 16.8 Å². The molecule has 7 aromatic rings. The van der Waals surface area contributed by atoms with E-state index in [1.54, 1.807) is 0 Å². The van der Waals surface area contributed by atoms with Crippen molar-refractivity contribution in [1.29, 1.82) is 0 Å². The topological polar surface area (TPSA) is 187 Å². The largest absolute Gasteiger partial charge is 0.432 e. The summed E-state index contributed by atoms with van der Waals surface area (Å²) in [7, 11) is -2.62. The molecule has 64 heavy (non-hydrogen) atoms. The van der Waals surface area contributed by atoms with Crippen LogP contribution in [-0.2, 0) is 46.9 Å². The lowest BCUT2D eigenvalue weighted by molar-refractivity contribution is -0.141. The van der Waals surface area contributed by atoms with E-state index in [4.69, 9.17) is 11.6 Å². The number of carbonyl (C=O) groups is 1. The van der Waals surface area contributed by atoms with E-state index in [0.717, 1.165) is 27.6 Å². The molecule has 15 nitrogen and oxygen atoms in total. The average Bonchev–Trinajstić information content (AvgIpc) is 3.41. The van der Waals surface area contributed by atoms with Crippen molar-refractivity contribution in [2.45, 2.75) is 49.9 Å². The van der Waals surface area contributed by atoms with E-state index < -0.39 is 111 Å². The second-order valence-corrected chi connectivity index (χ2v) is 17.4. The molecule has 1 saturated carbocycles. The first-order valence-corrected chi connectivity index (χ1v) is 21.0. The fourth-order valence-corrected chi connectivity index (χ4v) is 8.94. The molecule has 0 aliphatic heterocycles. The molecule has 3 atom stereocenters. The van der Waals surface area contributed by atoms with E-state index >= 15 is 8.78 Å². The van der Waals surface area contributed by atoms with Gasteiger partial charge in [-0.05, 0) is 60.4 Å². The van der Waals surface area contributed by atoms with Gasteiger partial charge in [-0.2, -0.15) is 37.2 Å². The number of nitrogens with one attached hydrogen (secondary N) is 3. The molecule has 3 N–H and O–H groups in total. The number of pyridine rings is 1. The number of hydrogen-bond acceptors (Lipinski definition) is 9. The summed E-state index contributed by atoms with van der Waals surface area (Å²) in [5.74, 6) is -9.87. The maximum absolute atomic E-state index is 15.5. The average molecular weight is 940 g/mol. The van der Waals surface area contributed by atoms with Crippen LogP contribution in [0.5, 0.6) is 0 Å². The minimum absolute atomic E-state index is 0.0155. The monoisotopic (exact) mass is 939 g/mol. The zero-order valence-corrected chi connectivity index (χ0v) is 34.0. The smallest absolute Gasteiger partial charge is 0.344 e. The van der Waals surface area contributed by atoms with Crippen molar-refractivity contribution in [2.75, 3.05) is 11.0 Å². The minimum Gasteiger partial charge on any atom is -0.344 e. The number of H-pyrrole nitrogens is 1. The number of aryl methyl sites for hydroxylation is 1. The SMILES string of the molecule is Cn1nc(NS(C)(=O)=O)c2c(Cl)ccc(-n3c([C@H](Cc4cc(F)cc(F)c4)NC(=O)Cn4nc(C(F)F)c5c4C(F)(F)[C@@H]4C[C@H]54)nc4nc(-c5cc(C(F)(F)F)[nH]n5)ccc4c3=O)c21. The van der Waals surface area contributed by atoms with Crippen molar-refractivity contribution in [2.24, 2.45) is 13.0 Å². The van der Waals surface area contributed by atoms with Gasteiger partial charge in [0.15, 0.2) is 11.5 Å². The lowest BCUT2D eigenvalue weighted by Gasteiger charge is -2.24. The Morgan fingerprint density at radius 3 is 2.41 bits per heavy atom. The van der Waals surface area contributed by atoms with Crippen molar-refractivity contribution < 1.29 is 52.7 Å². The number of anilines is 1. The van der Waals surface area contributed by atoms with Crippen LogP contribution in [0, 0.1) is 17.6 Å². The number of aromatic amines is 1. The number of hydrogen-bond donors (Lipinski definition) is 3. The standard InChI is InChI=1S/C38H27ClF9N11O4S/c1-57-30-24(6-4-20(39)28(30)34(55-57)56-64(2,62)63)59-35(51-33-17(36(59)61)3-5-21(50-33)22-12-25(53-52-22)38(46,47)48)23(9-14-7-15(40)10-16(41)8-14)49-26(60)13-58-31-27(29(54-58)32(42)43)18-11-19(18)37(31,44)45/h3-8,10,12,18-19,23,32H,9,11,13H2,1-2H3,(H,49,60)(H,52,53)(H,55,56)/t18-,19+,23-/m0/s1. The highest BCUT2D eigenvalue weighted by Gasteiger charge is 2.67. The molecule has 0 spiro atoms. The molecule has 1 amide bonds. The second-order valence-electron chi connectivity index (χ2n) is 15.3. The number of sulfonamides is 1. The zero-order valence-electron chi connectivity index (χ0n) is 32.4. The predicted octanol–water partition coefficient (Wildman–Crippen LogP) is 6.82. The van der Waals surface area contributed by atoms with Crippen molar-refractivity contribution in [3.05, 3.63) is 110 Å². The third-order valence-electron chi connectivity index (χ3n) is 10.8. The number of carbonyl (C=O) groups excluding carboxylic acids is 1. The number of alkyl halides is 7. The van der Waals surface area contributed by atoms with Gasteiger partial charge in [-0.3, -0.25) is 33.3 Å². The fourth-order valence-electron chi connectivity index (χ4n) is 8.20. The molecule has 334 valence electrons. The van der Waals surface area contributed by atoms with Crippen LogP contribution in [0.15, 0.2) is 53.3 Å². The first-order chi connectivity index (χ1) is 30.0. The third kappa shape index (κ3) is 7.38. The van der Waals surface area contributed by atoms with Crippen molar-refractivity contribution >= 4 is 55.3 Å². The summed E-state index contributed by atoms with van der Waals surface area (Å²) in [6.45, 7) is -1.09. The van der Waals surface area contributed by atoms with Crippen molar-refractivity contribution in [3.63, 3.8) is 0 Å². The van der Waals surface area contributed by atoms with Crippen LogP contribution in [0.3, 0.4) is 0 Å². The third-order valence-corrected chi connectivity index (χ3v) is 11.7. The van der Waals surface area contributed by atoms with Gasteiger partial charge >= 0.3 is 6.18 Å². The Kier molecular flexibility index (Phi) is 9.88. The highest BCUT2D eigenvalue weighted by molar-refractivity contribution is 7.92. The van der Waals surface area contributed by atoms with Gasteiger partial charge in [-0.25, -0.2) is 35.9 Å². The Balaban J connectivity index is 1.26. The van der Waals surface area contributed by atoms with Gasteiger partial charge in [0.2, 0.25) is 15.9 Å². The molecule has 0 saturated heterocycles. The van der Waals surface area contributed by atoms with E-state index in [1.807, 2.05) is 5.10 Å². The summed E-state index contributed by atoms with van der Waals surface area (Å²) in [6, 6.07) is 6.15. The number of amides is 1. The lowest BCUT2D eigenvalue weighted by Crippen LogP contribution is -2.38. The Morgan fingerprint density at radius 1 is 1.03 bits per heavy atom. The summed E-state index contributed by atoms with van der Waals surface area (Å²) in [4.78, 5) is 37.8. The molecule has 5 aromatic heterocycles. The van der Waals surface area contributed by atoms with Crippen LogP contribution in [0.4, 0.5) is 45.3 Å². The predicted molar refractivity (Wildman–Crippen MR) is 208 cm³/mol. The van der Waals surface area contributed by atoms with Gasteiger partial charge in [0.25, 0.3) is 17.9 Å². The molecule has 0 radical (unpaired) electrons. The molecule has 26 heteroatoms. The van der Waals surface area contributed by atoms with E-state index in [-0.39, 0.29) is 61.8 Å². The van der Waals surface area contributed by atoms with Crippen LogP contribution in [0.1, 0.15) is 58.8 Å². The maximum atomic E-state index is 15.5. The Labute approximate surface area is 357 Å². The summed E-state index contributed by atoms with van der Waals surface area (Å²) in [6.07, 6.45) is -7.93. The molecule has 0 bridgehead atoms. The van der Waals surface area contributed by atoms with Gasteiger partial charge in [0.1, 0.15) is 46.8 Å². The first-order valence-electron chi connectivity index (χ1n) is 18.7. The zero-order chi connectivity index (χ0) is 45.9. The molecular weight excluding hydrogens is 913 g/mol. The van der Waals surface area contributed by atoms with Crippen LogP contribution in [0.25, 0.3) is 39.0 Å². The minimum atomic E-state index is -4.83. The molecule has 2 aliphatic rings. The summed E-state index contributed by atoms with van der Waals surface area (Å²) >= 11 is 6.57. The molecular formula is C38H27ClF9N11O4S. The highest BCUT2D eigenvalue weighted by Crippen LogP contribution is 2.68. The Bertz CT molecular complexity index is 3260. The van der Waals surface area contributed by atoms with Crippen LogP contribution < -0.4 is 15.6 Å². The molecule has 2 aromatic carbocycles. The molecule has 9 rings (SSSR count). The number of benzene rings is 2. The van der Waals surface area contributed by atoms with Crippen molar-refractivity contribution in [3.8, 4) is 17.1 Å². The van der Waals surface area contributed by atoms with Gasteiger partial charge in [0, 0.05) is 31.0 Å². The Morgan fingerprint density at radius 2 is 1.75 bits per heavy atom. The number of halogens is 10. The molecule has 1 fully saturated rings. The summed E-state index contributed by atoms with van der Waals surface area (Å²) < 4.78 is 159. The van der Waals surface area contributed by atoms with Crippen LogP contribution in [-0.4, -0.2) is 64.9 Å². The number of fused-ring (bicyclic) bond motifs is 5. The van der Waals surface area contributed by atoms with Gasteiger partial charge in [0.05, 0.1) is 45.0 Å². The normalized spacial score (nSPS) is 17.3. The van der Waals surface area contributed by atoms with E-state index in [2.05, 4.69) is 35.3 Å². The fraction of sp³-hybridized carbons (Fsp3) is 0.289. The van der Waals surface area contributed by atoms with Gasteiger partial charge in [-0.15, -0.1) is 0 Å². The lowest BCUT2D eigenvalue weighted by atomic mass is 10.0. The van der Waals surface area contributed by atoms with Crippen LogP contribution in [0.2, 0.25) is 5.02 Å². The number of rotatable bonds is 11. The summed E-state index contributed by atoms with van der Waals surface area (Å²) in [5, 5.41) is 15.6. The maximum Gasteiger partial charge on any atom is 0.432 e. The molecule has 0 unspecified atom stereocenters. The number of aromatic nitrogens is 9. The van der Waals surface area contributed by atoms with Crippen LogP contribution >= 0.6 is 11.6 Å². The highest BCUT2D eigenvalue weighted by atomic mass is 35.5. The molecule has 5 heterocycles. The second kappa shape index (κ2) is 14.8. The molecule has 2 aliphatic carbocycles. The van der Waals surface area contributed by atoms with Crippen molar-refractivity contribution in [1.82, 2.24) is 49.6 Å². The van der Waals surface area contributed by atoms with E-state index in [1.165, 1.54) is 31.3 Å².